The van der Waals surface area contributed by atoms with Crippen molar-refractivity contribution in [3.63, 3.8) is 0 Å². The Bertz CT molecular complexity index is 614. The first kappa shape index (κ1) is 13.4. The van der Waals surface area contributed by atoms with Gasteiger partial charge in [-0.2, -0.15) is 16.9 Å². The summed E-state index contributed by atoms with van der Waals surface area (Å²) in [6.07, 6.45) is 4.39. The van der Waals surface area contributed by atoms with Crippen molar-refractivity contribution in [1.29, 1.82) is 0 Å². The average molecular weight is 303 g/mol. The molecule has 1 N–H and O–H groups in total. The quantitative estimate of drug-likeness (QED) is 0.929. The van der Waals surface area contributed by atoms with Crippen LogP contribution in [0.2, 0.25) is 0 Å². The van der Waals surface area contributed by atoms with E-state index in [-0.39, 0.29) is 0 Å². The van der Waals surface area contributed by atoms with Gasteiger partial charge >= 0.3 is 0 Å². The summed E-state index contributed by atoms with van der Waals surface area (Å²) in [4.78, 5) is 7.15. The molecule has 1 unspecified atom stereocenters. The lowest BCUT2D eigenvalue weighted by Gasteiger charge is -2.29. The number of anilines is 1. The Morgan fingerprint density at radius 2 is 2.24 bits per heavy atom. The first-order valence-corrected chi connectivity index (χ1v) is 8.93. The molecule has 4 heterocycles. The molecular weight excluding hydrogens is 282 g/mol. The minimum Gasteiger partial charge on any atom is -0.369 e. The van der Waals surface area contributed by atoms with Gasteiger partial charge in [-0.25, -0.2) is 9.50 Å². The molecule has 0 radical (unpaired) electrons. The van der Waals surface area contributed by atoms with Crippen LogP contribution < -0.4 is 10.2 Å². The lowest BCUT2D eigenvalue weighted by Crippen LogP contribution is -2.43. The summed E-state index contributed by atoms with van der Waals surface area (Å²) in [5, 5.41) is 8.02. The molecule has 5 nitrogen and oxygen atoms in total. The average Bonchev–Trinajstić information content (AvgIpc) is 3.16. The summed E-state index contributed by atoms with van der Waals surface area (Å²) in [5.74, 6) is 4.33. The van der Waals surface area contributed by atoms with Crippen LogP contribution in [0.5, 0.6) is 0 Å². The van der Waals surface area contributed by atoms with Crippen molar-refractivity contribution in [3.8, 4) is 0 Å². The highest BCUT2D eigenvalue weighted by molar-refractivity contribution is 7.99. The molecule has 0 aromatic carbocycles. The smallest absolute Gasteiger partial charge is 0.157 e. The lowest BCUT2D eigenvalue weighted by molar-refractivity contribution is 0.575. The van der Waals surface area contributed by atoms with Gasteiger partial charge in [0, 0.05) is 50.6 Å². The van der Waals surface area contributed by atoms with Crippen molar-refractivity contribution in [2.75, 3.05) is 42.6 Å². The van der Waals surface area contributed by atoms with Crippen molar-refractivity contribution < 1.29 is 0 Å². The predicted molar refractivity (Wildman–Crippen MR) is 87.2 cm³/mol. The summed E-state index contributed by atoms with van der Waals surface area (Å²) < 4.78 is 1.92. The Morgan fingerprint density at radius 3 is 3.05 bits per heavy atom. The predicted octanol–water partition coefficient (Wildman–Crippen LogP) is 1.43. The molecule has 2 fully saturated rings. The van der Waals surface area contributed by atoms with Gasteiger partial charge in [0.2, 0.25) is 0 Å². The van der Waals surface area contributed by atoms with Crippen molar-refractivity contribution in [1.82, 2.24) is 19.9 Å². The number of thioether (sulfide) groups is 1. The number of nitrogens with zero attached hydrogens (tertiary/aromatic N) is 4. The van der Waals surface area contributed by atoms with Crippen molar-refractivity contribution >= 4 is 23.1 Å². The lowest BCUT2D eigenvalue weighted by atomic mass is 10.1. The highest BCUT2D eigenvalue weighted by atomic mass is 32.2. The zero-order chi connectivity index (χ0) is 14.1. The van der Waals surface area contributed by atoms with Crippen LogP contribution in [-0.2, 0) is 6.42 Å². The van der Waals surface area contributed by atoms with Gasteiger partial charge in [-0.1, -0.05) is 0 Å². The topological polar surface area (TPSA) is 45.5 Å². The van der Waals surface area contributed by atoms with E-state index < -0.39 is 0 Å². The second-order valence-corrected chi connectivity index (χ2v) is 7.04. The number of nitrogens with one attached hydrogen (secondary N) is 1. The largest absolute Gasteiger partial charge is 0.369 e. The Kier molecular flexibility index (Phi) is 3.73. The van der Waals surface area contributed by atoms with Crippen LogP contribution in [0.15, 0.2) is 18.3 Å². The number of fused-ring (bicyclic) bond motifs is 1. The number of rotatable bonds is 3. The van der Waals surface area contributed by atoms with Gasteiger partial charge in [0.05, 0.1) is 0 Å². The number of hydrogen-bond acceptors (Lipinski definition) is 5. The minimum absolute atomic E-state index is 0.764. The van der Waals surface area contributed by atoms with Gasteiger partial charge in [-0.3, -0.25) is 0 Å². The first-order valence-electron chi connectivity index (χ1n) is 7.77. The number of aromatic nitrogens is 3. The fourth-order valence-electron chi connectivity index (χ4n) is 3.13. The summed E-state index contributed by atoms with van der Waals surface area (Å²) in [6.45, 7) is 4.25. The molecule has 2 aromatic heterocycles. The highest BCUT2D eigenvalue weighted by Gasteiger charge is 2.18. The highest BCUT2D eigenvalue weighted by Crippen LogP contribution is 2.26. The van der Waals surface area contributed by atoms with E-state index in [0.717, 1.165) is 50.0 Å². The van der Waals surface area contributed by atoms with E-state index in [1.807, 2.05) is 10.7 Å². The summed E-state index contributed by atoms with van der Waals surface area (Å²) in [5.41, 5.74) is 2.24. The second kappa shape index (κ2) is 5.85. The molecule has 0 aliphatic carbocycles. The minimum atomic E-state index is 0.764. The van der Waals surface area contributed by atoms with E-state index in [4.69, 9.17) is 4.98 Å². The monoisotopic (exact) mass is 303 g/mol. The Balaban J connectivity index is 1.55. The van der Waals surface area contributed by atoms with Crippen LogP contribution in [0.3, 0.4) is 0 Å². The van der Waals surface area contributed by atoms with Gasteiger partial charge in [0.1, 0.15) is 0 Å². The van der Waals surface area contributed by atoms with Crippen molar-refractivity contribution in [2.45, 2.75) is 12.8 Å². The van der Waals surface area contributed by atoms with E-state index in [2.05, 4.69) is 39.2 Å². The van der Waals surface area contributed by atoms with Gasteiger partial charge in [0.15, 0.2) is 11.5 Å². The fourth-order valence-corrected chi connectivity index (χ4v) is 4.41. The van der Waals surface area contributed by atoms with Crippen LogP contribution in [0.4, 0.5) is 5.69 Å². The Morgan fingerprint density at radius 1 is 1.33 bits per heavy atom. The fraction of sp³-hybridized carbons (Fsp3) is 0.600. The van der Waals surface area contributed by atoms with Crippen LogP contribution in [0, 0.1) is 5.92 Å². The van der Waals surface area contributed by atoms with E-state index in [9.17, 15) is 0 Å². The third kappa shape index (κ3) is 2.87. The molecule has 2 aromatic rings. The maximum absolute atomic E-state index is 4.73. The van der Waals surface area contributed by atoms with E-state index in [0.29, 0.717) is 0 Å². The van der Waals surface area contributed by atoms with Gasteiger partial charge in [-0.05, 0) is 29.9 Å². The molecule has 112 valence electrons. The molecule has 0 spiro atoms. The molecular formula is C15H21N5S. The second-order valence-electron chi connectivity index (χ2n) is 5.89. The van der Waals surface area contributed by atoms with Crippen molar-refractivity contribution in [2.24, 2.45) is 5.92 Å². The van der Waals surface area contributed by atoms with Gasteiger partial charge in [-0.15, -0.1) is 0 Å². The Labute approximate surface area is 129 Å². The van der Waals surface area contributed by atoms with Gasteiger partial charge < -0.3 is 10.2 Å². The maximum atomic E-state index is 4.73. The molecule has 4 rings (SSSR count). The third-order valence-corrected chi connectivity index (χ3v) is 5.57. The molecule has 1 atom stereocenters. The zero-order valence-electron chi connectivity index (χ0n) is 12.2. The summed E-state index contributed by atoms with van der Waals surface area (Å²) in [6, 6.07) is 4.33. The number of pyridine rings is 1. The molecule has 21 heavy (non-hydrogen) atoms. The normalized spacial score (nSPS) is 23.0. The van der Waals surface area contributed by atoms with Crippen LogP contribution in [0.1, 0.15) is 12.2 Å². The van der Waals surface area contributed by atoms with Gasteiger partial charge in [0.25, 0.3) is 0 Å². The van der Waals surface area contributed by atoms with E-state index in [1.165, 1.54) is 23.6 Å². The van der Waals surface area contributed by atoms with E-state index >= 15 is 0 Å². The zero-order valence-corrected chi connectivity index (χ0v) is 13.0. The molecule has 2 aliphatic heterocycles. The first-order chi connectivity index (χ1) is 10.4. The third-order valence-electron chi connectivity index (χ3n) is 4.34. The summed E-state index contributed by atoms with van der Waals surface area (Å²) >= 11 is 2.05. The molecule has 2 aliphatic rings. The van der Waals surface area contributed by atoms with Crippen LogP contribution >= 0.6 is 11.8 Å². The van der Waals surface area contributed by atoms with Crippen molar-refractivity contribution in [3.05, 3.63) is 24.2 Å². The standard InChI is InChI=1S/C15H21N5S/c1-5-20-15(10-13(1)19-6-3-16-4-7-19)17-14(18-20)9-12-2-8-21-11-12/h1,5,10,12,16H,2-4,6-9,11H2. The Hall–Kier alpha value is -1.27. The molecule has 0 bridgehead atoms. The number of piperazine rings is 1. The molecule has 6 heteroatoms. The molecule has 0 amide bonds. The molecule has 2 saturated heterocycles. The SMILES string of the molecule is c1cn2nc(CC3CCSC3)nc2cc1N1CCNCC1. The van der Waals surface area contributed by atoms with Crippen LogP contribution in [0.25, 0.3) is 5.65 Å². The number of hydrogen-bond donors (Lipinski definition) is 1. The molecule has 0 saturated carbocycles. The van der Waals surface area contributed by atoms with E-state index in [1.54, 1.807) is 0 Å². The van der Waals surface area contributed by atoms with Crippen LogP contribution in [-0.4, -0.2) is 52.3 Å². The maximum Gasteiger partial charge on any atom is 0.157 e. The summed E-state index contributed by atoms with van der Waals surface area (Å²) in [7, 11) is 0.